The fourth-order valence-corrected chi connectivity index (χ4v) is 4.30. The predicted octanol–water partition coefficient (Wildman–Crippen LogP) is 6.66. The van der Waals surface area contributed by atoms with Crippen molar-refractivity contribution in [3.05, 3.63) is 91.5 Å². The molecule has 0 radical (unpaired) electrons. The summed E-state index contributed by atoms with van der Waals surface area (Å²) in [5.41, 5.74) is 4.50. The lowest BCUT2D eigenvalue weighted by Crippen LogP contribution is -1.86. The van der Waals surface area contributed by atoms with Crippen molar-refractivity contribution in [3.63, 3.8) is 0 Å². The maximum Gasteiger partial charge on any atom is 0.237 e. The average Bonchev–Trinajstić information content (AvgIpc) is 3.48. The van der Waals surface area contributed by atoms with Crippen molar-refractivity contribution >= 4 is 27.4 Å². The monoisotopic (exact) mass is 409 g/mol. The Morgan fingerprint density at radius 2 is 1.67 bits per heavy atom. The zero-order valence-corrected chi connectivity index (χ0v) is 16.5. The quantitative estimate of drug-likeness (QED) is 0.326. The summed E-state index contributed by atoms with van der Waals surface area (Å²) in [6, 6.07) is 23.8. The Balaban J connectivity index is 1.30. The topological polar surface area (TPSA) is 52.6 Å². The molecule has 0 saturated heterocycles. The van der Waals surface area contributed by atoms with Crippen LogP contribution in [-0.2, 0) is 0 Å². The van der Waals surface area contributed by atoms with E-state index in [0.717, 1.165) is 43.7 Å². The summed E-state index contributed by atoms with van der Waals surface area (Å²) in [7, 11) is 0. The molecule has 0 atom stereocenters. The molecule has 6 aromatic rings. The smallest absolute Gasteiger partial charge is 0.237 e. The number of fused-ring (bicyclic) bond motifs is 2. The molecule has 0 fully saturated rings. The van der Waals surface area contributed by atoms with Crippen LogP contribution in [0.15, 0.2) is 95.9 Å². The SMILES string of the molecule is c1cc(Oc2cccc(-c3nc4occc4s3)c2)cc(-c2cn3ccccc3n2)c1. The molecule has 0 unspecified atom stereocenters. The molecular formula is C24H15N3O2S. The van der Waals surface area contributed by atoms with E-state index in [2.05, 4.69) is 4.98 Å². The second-order valence-corrected chi connectivity index (χ2v) is 7.89. The van der Waals surface area contributed by atoms with Crippen molar-refractivity contribution in [1.82, 2.24) is 14.4 Å². The van der Waals surface area contributed by atoms with Crippen molar-refractivity contribution in [2.45, 2.75) is 0 Å². The number of aromatic nitrogens is 3. The van der Waals surface area contributed by atoms with Gasteiger partial charge in [-0.2, -0.15) is 0 Å². The number of nitrogens with zero attached hydrogens (tertiary/aromatic N) is 3. The third-order valence-corrected chi connectivity index (χ3v) is 5.88. The molecule has 0 aliphatic rings. The van der Waals surface area contributed by atoms with Crippen LogP contribution in [0.3, 0.4) is 0 Å². The number of imidazole rings is 1. The summed E-state index contributed by atoms with van der Waals surface area (Å²) in [5, 5.41) is 0.910. The molecule has 144 valence electrons. The lowest BCUT2D eigenvalue weighted by atomic mass is 10.1. The second-order valence-electron chi connectivity index (χ2n) is 6.86. The molecule has 5 nitrogen and oxygen atoms in total. The Labute approximate surface area is 175 Å². The minimum Gasteiger partial charge on any atom is -0.457 e. The summed E-state index contributed by atoms with van der Waals surface area (Å²) in [5.74, 6) is 1.51. The lowest BCUT2D eigenvalue weighted by Gasteiger charge is -2.08. The maximum absolute atomic E-state index is 6.15. The lowest BCUT2D eigenvalue weighted by molar-refractivity contribution is 0.483. The number of pyridine rings is 1. The Morgan fingerprint density at radius 3 is 2.50 bits per heavy atom. The number of hydrogen-bond donors (Lipinski definition) is 0. The molecule has 0 aliphatic carbocycles. The summed E-state index contributed by atoms with van der Waals surface area (Å²) >= 11 is 1.60. The molecule has 6 heteroatoms. The number of ether oxygens (including phenoxy) is 1. The van der Waals surface area contributed by atoms with E-state index in [9.17, 15) is 0 Å². The molecule has 0 spiro atoms. The number of benzene rings is 2. The van der Waals surface area contributed by atoms with E-state index in [4.69, 9.17) is 14.1 Å². The van der Waals surface area contributed by atoms with Gasteiger partial charge < -0.3 is 13.6 Å². The third kappa shape index (κ3) is 3.03. The molecule has 0 saturated carbocycles. The van der Waals surface area contributed by atoms with Crippen molar-refractivity contribution < 1.29 is 9.15 Å². The summed E-state index contributed by atoms with van der Waals surface area (Å²) < 4.78 is 14.6. The first-order chi connectivity index (χ1) is 14.8. The normalized spacial score (nSPS) is 11.3. The molecule has 2 aromatic carbocycles. The molecule has 0 amide bonds. The zero-order chi connectivity index (χ0) is 19.9. The van der Waals surface area contributed by atoms with Gasteiger partial charge in [0.25, 0.3) is 0 Å². The number of thiazole rings is 1. The van der Waals surface area contributed by atoms with Crippen molar-refractivity contribution in [1.29, 1.82) is 0 Å². The molecule has 0 aliphatic heterocycles. The van der Waals surface area contributed by atoms with Crippen molar-refractivity contribution in [3.8, 4) is 33.3 Å². The van der Waals surface area contributed by atoms with Gasteiger partial charge in [-0.25, -0.2) is 9.97 Å². The van der Waals surface area contributed by atoms with Crippen LogP contribution in [0.2, 0.25) is 0 Å². The fourth-order valence-electron chi connectivity index (χ4n) is 3.41. The Hall–Kier alpha value is -3.90. The van der Waals surface area contributed by atoms with Gasteiger partial charge in [-0.1, -0.05) is 30.3 Å². The van der Waals surface area contributed by atoms with Crippen LogP contribution in [0.4, 0.5) is 0 Å². The zero-order valence-electron chi connectivity index (χ0n) is 15.7. The highest BCUT2D eigenvalue weighted by molar-refractivity contribution is 7.21. The van der Waals surface area contributed by atoms with E-state index in [0.29, 0.717) is 5.71 Å². The molecule has 30 heavy (non-hydrogen) atoms. The van der Waals surface area contributed by atoms with E-state index >= 15 is 0 Å². The van der Waals surface area contributed by atoms with E-state index in [1.807, 2.05) is 89.6 Å². The standard InChI is InChI=1S/C24H15N3O2S/c1-2-11-27-15-20(25-22(27)9-1)16-5-3-7-18(13-16)29-19-8-4-6-17(14-19)24-26-23-21(30-24)10-12-28-23/h1-15H. The molecule has 4 heterocycles. The van der Waals surface area contributed by atoms with Crippen LogP contribution in [0.1, 0.15) is 0 Å². The van der Waals surface area contributed by atoms with Gasteiger partial charge in [0, 0.05) is 23.5 Å². The van der Waals surface area contributed by atoms with Gasteiger partial charge >= 0.3 is 0 Å². The minimum atomic E-state index is 0.668. The van der Waals surface area contributed by atoms with Crippen molar-refractivity contribution in [2.24, 2.45) is 0 Å². The van der Waals surface area contributed by atoms with E-state index < -0.39 is 0 Å². The van der Waals surface area contributed by atoms with Gasteiger partial charge in [-0.15, -0.1) is 11.3 Å². The average molecular weight is 409 g/mol. The van der Waals surface area contributed by atoms with Gasteiger partial charge in [-0.05, 0) is 42.5 Å². The van der Waals surface area contributed by atoms with Crippen LogP contribution < -0.4 is 4.74 Å². The Kier molecular flexibility index (Phi) is 3.89. The highest BCUT2D eigenvalue weighted by Gasteiger charge is 2.10. The number of furan rings is 1. The van der Waals surface area contributed by atoms with Crippen LogP contribution in [0.25, 0.3) is 37.9 Å². The molecule has 4 aromatic heterocycles. The van der Waals surface area contributed by atoms with Crippen LogP contribution in [0, 0.1) is 0 Å². The summed E-state index contributed by atoms with van der Waals surface area (Å²) in [4.78, 5) is 9.24. The molecular weight excluding hydrogens is 394 g/mol. The molecule has 0 N–H and O–H groups in total. The molecule has 0 bridgehead atoms. The van der Waals surface area contributed by atoms with E-state index in [1.165, 1.54) is 0 Å². The van der Waals surface area contributed by atoms with Crippen LogP contribution in [-0.4, -0.2) is 14.4 Å². The van der Waals surface area contributed by atoms with E-state index in [1.54, 1.807) is 17.6 Å². The van der Waals surface area contributed by atoms with Gasteiger partial charge in [0.1, 0.15) is 22.2 Å². The number of rotatable bonds is 4. The first-order valence-electron chi connectivity index (χ1n) is 9.48. The summed E-state index contributed by atoms with van der Waals surface area (Å²) in [6.07, 6.45) is 5.67. The van der Waals surface area contributed by atoms with Gasteiger partial charge in [0.05, 0.1) is 16.7 Å². The number of hydrogen-bond acceptors (Lipinski definition) is 5. The maximum atomic E-state index is 6.15. The summed E-state index contributed by atoms with van der Waals surface area (Å²) in [6.45, 7) is 0. The first-order valence-corrected chi connectivity index (χ1v) is 10.3. The van der Waals surface area contributed by atoms with Crippen LogP contribution in [0.5, 0.6) is 11.5 Å². The predicted molar refractivity (Wildman–Crippen MR) is 118 cm³/mol. The Morgan fingerprint density at radius 1 is 0.833 bits per heavy atom. The van der Waals surface area contributed by atoms with Crippen molar-refractivity contribution in [2.75, 3.05) is 0 Å². The van der Waals surface area contributed by atoms with E-state index in [-0.39, 0.29) is 0 Å². The minimum absolute atomic E-state index is 0.668. The Bertz CT molecular complexity index is 1430. The highest BCUT2D eigenvalue weighted by Crippen LogP contribution is 2.34. The van der Waals surface area contributed by atoms with Crippen LogP contribution >= 0.6 is 11.3 Å². The largest absolute Gasteiger partial charge is 0.457 e. The van der Waals surface area contributed by atoms with Gasteiger partial charge in [0.15, 0.2) is 0 Å². The highest BCUT2D eigenvalue weighted by atomic mass is 32.1. The fraction of sp³-hybridized carbons (Fsp3) is 0. The molecule has 6 rings (SSSR count). The van der Waals surface area contributed by atoms with Gasteiger partial charge in [-0.3, -0.25) is 0 Å². The second kappa shape index (κ2) is 6.86. The first kappa shape index (κ1) is 17.0. The third-order valence-electron chi connectivity index (χ3n) is 4.83. The van der Waals surface area contributed by atoms with Gasteiger partial charge in [0.2, 0.25) is 5.71 Å².